The molecule has 0 amide bonds. The van der Waals surface area contributed by atoms with E-state index in [1.165, 1.54) is 31.7 Å². The Kier molecular flexibility index (Phi) is 7.05. The van der Waals surface area contributed by atoms with Crippen LogP contribution in [0.4, 0.5) is 10.2 Å². The van der Waals surface area contributed by atoms with E-state index in [4.69, 9.17) is 4.74 Å². The molecule has 0 spiro atoms. The van der Waals surface area contributed by atoms with E-state index in [0.29, 0.717) is 11.9 Å². The number of hydrogen-bond acceptors (Lipinski definition) is 4. The molecule has 2 fully saturated rings. The molecule has 0 radical (unpaired) electrons. The Labute approximate surface area is 155 Å². The average Bonchev–Trinajstić information content (AvgIpc) is 3.33. The zero-order chi connectivity index (χ0) is 18.2. The van der Waals surface area contributed by atoms with Gasteiger partial charge in [-0.05, 0) is 37.8 Å². The highest BCUT2D eigenvalue weighted by Gasteiger charge is 2.25. The Bertz CT molecular complexity index is 591. The van der Waals surface area contributed by atoms with Gasteiger partial charge in [-0.1, -0.05) is 12.8 Å². The maximum atomic E-state index is 13.9. The number of nitrogens with zero attached hydrogens (tertiary/aromatic N) is 3. The summed E-state index contributed by atoms with van der Waals surface area (Å²) in [7, 11) is 1.77. The highest BCUT2D eigenvalue weighted by Crippen LogP contribution is 2.21. The summed E-state index contributed by atoms with van der Waals surface area (Å²) in [5.41, 5.74) is 0. The molecule has 3 rings (SSSR count). The molecule has 1 saturated carbocycles. The molecule has 2 heterocycles. The SMILES string of the molecule is CN=C(NCCCOC1CCCC1)NC1CCN(c2ncccc2F)C1. The Hall–Kier alpha value is -1.89. The van der Waals surface area contributed by atoms with Gasteiger partial charge in [-0.15, -0.1) is 0 Å². The first-order valence-electron chi connectivity index (χ1n) is 9.70. The lowest BCUT2D eigenvalue weighted by molar-refractivity contribution is 0.0574. The third-order valence-electron chi connectivity index (χ3n) is 5.06. The molecule has 1 aromatic heterocycles. The number of guanidine groups is 1. The lowest BCUT2D eigenvalue weighted by Crippen LogP contribution is -2.45. The third-order valence-corrected chi connectivity index (χ3v) is 5.06. The van der Waals surface area contributed by atoms with Gasteiger partial charge >= 0.3 is 0 Å². The fraction of sp³-hybridized carbons (Fsp3) is 0.684. The number of rotatable bonds is 7. The van der Waals surface area contributed by atoms with E-state index < -0.39 is 0 Å². The van der Waals surface area contributed by atoms with Gasteiger partial charge in [0.05, 0.1) is 6.10 Å². The predicted octanol–water partition coefficient (Wildman–Crippen LogP) is 2.31. The molecule has 26 heavy (non-hydrogen) atoms. The number of hydrogen-bond donors (Lipinski definition) is 2. The minimum Gasteiger partial charge on any atom is -0.378 e. The van der Waals surface area contributed by atoms with Crippen LogP contribution in [0.1, 0.15) is 38.5 Å². The van der Waals surface area contributed by atoms with Crippen molar-refractivity contribution in [1.82, 2.24) is 15.6 Å². The summed E-state index contributed by atoms with van der Waals surface area (Å²) in [6.07, 6.45) is 9.05. The normalized spacial score (nSPS) is 21.4. The maximum Gasteiger partial charge on any atom is 0.191 e. The van der Waals surface area contributed by atoms with Crippen molar-refractivity contribution >= 4 is 11.8 Å². The van der Waals surface area contributed by atoms with Crippen molar-refractivity contribution in [2.24, 2.45) is 4.99 Å². The van der Waals surface area contributed by atoms with Gasteiger partial charge in [0.2, 0.25) is 0 Å². The molecule has 2 aliphatic rings. The van der Waals surface area contributed by atoms with Gasteiger partial charge in [0.25, 0.3) is 0 Å². The van der Waals surface area contributed by atoms with Crippen molar-refractivity contribution in [2.75, 3.05) is 38.2 Å². The summed E-state index contributed by atoms with van der Waals surface area (Å²) >= 11 is 0. The molecule has 1 unspecified atom stereocenters. The van der Waals surface area contributed by atoms with Crippen LogP contribution in [0, 0.1) is 5.82 Å². The van der Waals surface area contributed by atoms with Crippen LogP contribution in [-0.4, -0.2) is 56.4 Å². The van der Waals surface area contributed by atoms with Crippen LogP contribution in [0.2, 0.25) is 0 Å². The fourth-order valence-corrected chi connectivity index (χ4v) is 3.65. The monoisotopic (exact) mass is 363 g/mol. The minimum atomic E-state index is -0.266. The Morgan fingerprint density at radius 1 is 1.38 bits per heavy atom. The Morgan fingerprint density at radius 2 is 2.23 bits per heavy atom. The zero-order valence-corrected chi connectivity index (χ0v) is 15.6. The largest absolute Gasteiger partial charge is 0.378 e. The molecule has 1 aliphatic heterocycles. The van der Waals surface area contributed by atoms with E-state index in [0.717, 1.165) is 45.0 Å². The van der Waals surface area contributed by atoms with Crippen LogP contribution in [0.25, 0.3) is 0 Å². The number of halogens is 1. The van der Waals surface area contributed by atoms with E-state index in [1.807, 2.05) is 4.90 Å². The number of aromatic nitrogens is 1. The molecule has 0 bridgehead atoms. The summed E-state index contributed by atoms with van der Waals surface area (Å²) in [4.78, 5) is 10.4. The number of nitrogens with one attached hydrogen (secondary N) is 2. The standard InChI is InChI=1S/C19H30FN5O/c1-21-19(23-11-5-13-26-16-6-2-3-7-16)24-15-9-12-25(14-15)18-17(20)8-4-10-22-18/h4,8,10,15-16H,2-3,5-7,9,11-14H2,1H3,(H2,21,23,24). The van der Waals surface area contributed by atoms with E-state index >= 15 is 0 Å². The number of ether oxygens (including phenoxy) is 1. The molecule has 144 valence electrons. The van der Waals surface area contributed by atoms with E-state index in [-0.39, 0.29) is 11.9 Å². The number of anilines is 1. The quantitative estimate of drug-likeness (QED) is 0.442. The highest BCUT2D eigenvalue weighted by molar-refractivity contribution is 5.80. The van der Waals surface area contributed by atoms with E-state index in [2.05, 4.69) is 20.6 Å². The second kappa shape index (κ2) is 9.71. The molecule has 1 aliphatic carbocycles. The van der Waals surface area contributed by atoms with Crippen molar-refractivity contribution < 1.29 is 9.13 Å². The van der Waals surface area contributed by atoms with Gasteiger partial charge in [0.15, 0.2) is 17.6 Å². The molecular formula is C19H30FN5O. The smallest absolute Gasteiger partial charge is 0.191 e. The summed E-state index contributed by atoms with van der Waals surface area (Å²) in [6, 6.07) is 3.31. The first kappa shape index (κ1) is 18.9. The fourth-order valence-electron chi connectivity index (χ4n) is 3.65. The van der Waals surface area contributed by atoms with Crippen LogP contribution >= 0.6 is 0 Å². The van der Waals surface area contributed by atoms with Gasteiger partial charge < -0.3 is 20.3 Å². The molecule has 1 saturated heterocycles. The first-order chi connectivity index (χ1) is 12.8. The lowest BCUT2D eigenvalue weighted by Gasteiger charge is -2.20. The Morgan fingerprint density at radius 3 is 3.00 bits per heavy atom. The zero-order valence-electron chi connectivity index (χ0n) is 15.6. The third kappa shape index (κ3) is 5.30. The van der Waals surface area contributed by atoms with E-state index in [9.17, 15) is 4.39 Å². The van der Waals surface area contributed by atoms with Crippen LogP contribution in [0.15, 0.2) is 23.3 Å². The summed E-state index contributed by atoms with van der Waals surface area (Å²) < 4.78 is 19.8. The van der Waals surface area contributed by atoms with Gasteiger partial charge in [-0.2, -0.15) is 0 Å². The molecular weight excluding hydrogens is 333 g/mol. The van der Waals surface area contributed by atoms with Gasteiger partial charge in [0, 0.05) is 45.5 Å². The first-order valence-corrected chi connectivity index (χ1v) is 9.70. The molecule has 7 heteroatoms. The van der Waals surface area contributed by atoms with Crippen molar-refractivity contribution in [3.63, 3.8) is 0 Å². The molecule has 2 N–H and O–H groups in total. The van der Waals surface area contributed by atoms with Crippen LogP contribution < -0.4 is 15.5 Å². The Balaban J connectivity index is 1.35. The van der Waals surface area contributed by atoms with Gasteiger partial charge in [-0.3, -0.25) is 4.99 Å². The average molecular weight is 363 g/mol. The van der Waals surface area contributed by atoms with Crippen molar-refractivity contribution in [3.8, 4) is 0 Å². The lowest BCUT2D eigenvalue weighted by atomic mass is 10.3. The predicted molar refractivity (Wildman–Crippen MR) is 102 cm³/mol. The second-order valence-electron chi connectivity index (χ2n) is 7.01. The summed E-state index contributed by atoms with van der Waals surface area (Å²) in [6.45, 7) is 3.14. The van der Waals surface area contributed by atoms with Gasteiger partial charge in [-0.25, -0.2) is 9.37 Å². The van der Waals surface area contributed by atoms with Crippen molar-refractivity contribution in [1.29, 1.82) is 0 Å². The maximum absolute atomic E-state index is 13.9. The summed E-state index contributed by atoms with van der Waals surface area (Å²) in [5.74, 6) is 0.959. The molecule has 0 aromatic carbocycles. The molecule has 1 atom stereocenters. The van der Waals surface area contributed by atoms with Gasteiger partial charge in [0.1, 0.15) is 0 Å². The summed E-state index contributed by atoms with van der Waals surface area (Å²) in [5, 5.41) is 6.76. The number of pyridine rings is 1. The minimum absolute atomic E-state index is 0.234. The number of aliphatic imine (C=N–C) groups is 1. The van der Waals surface area contributed by atoms with Crippen molar-refractivity contribution in [3.05, 3.63) is 24.1 Å². The molecule has 1 aromatic rings. The van der Waals surface area contributed by atoms with Crippen LogP contribution in [-0.2, 0) is 4.74 Å². The van der Waals surface area contributed by atoms with Crippen LogP contribution in [0.5, 0.6) is 0 Å². The highest BCUT2D eigenvalue weighted by atomic mass is 19.1. The van der Waals surface area contributed by atoms with Crippen LogP contribution in [0.3, 0.4) is 0 Å². The van der Waals surface area contributed by atoms with E-state index in [1.54, 1.807) is 19.3 Å². The molecule has 6 nitrogen and oxygen atoms in total. The second-order valence-corrected chi connectivity index (χ2v) is 7.01. The topological polar surface area (TPSA) is 61.8 Å². The van der Waals surface area contributed by atoms with Crippen molar-refractivity contribution in [2.45, 2.75) is 50.7 Å².